The standard InChI is InChI=1S/C23H16F4N2/c24-14-7-8-16(18(26)12-14)20-5-1-3-9-28(20)23-17-11-15(25)13-19(27)22(17)21-6-2-4-10-29(21)23/h1-11,13-14,23H,12H2/q+2. The lowest BCUT2D eigenvalue weighted by molar-refractivity contribution is -0.926. The molecule has 0 spiro atoms. The van der Waals surface area contributed by atoms with Gasteiger partial charge in [-0.15, -0.1) is 9.13 Å². The van der Waals surface area contributed by atoms with E-state index in [1.54, 1.807) is 53.4 Å². The molecule has 3 heterocycles. The number of halogens is 4. The van der Waals surface area contributed by atoms with Crippen molar-refractivity contribution in [2.75, 3.05) is 0 Å². The maximum atomic E-state index is 14.7. The first-order valence-corrected chi connectivity index (χ1v) is 9.25. The second-order valence-electron chi connectivity index (χ2n) is 7.11. The van der Waals surface area contributed by atoms with E-state index in [1.165, 1.54) is 18.2 Å². The second kappa shape index (κ2) is 6.65. The summed E-state index contributed by atoms with van der Waals surface area (Å²) in [7, 11) is 0. The zero-order valence-electron chi connectivity index (χ0n) is 15.2. The van der Waals surface area contributed by atoms with Crippen LogP contribution in [0, 0.1) is 11.6 Å². The molecule has 0 saturated carbocycles. The van der Waals surface area contributed by atoms with Crippen molar-refractivity contribution in [2.24, 2.45) is 0 Å². The van der Waals surface area contributed by atoms with E-state index in [0.29, 0.717) is 22.5 Å². The minimum absolute atomic E-state index is 0.267. The summed E-state index contributed by atoms with van der Waals surface area (Å²) < 4.78 is 60.6. The molecule has 0 saturated heterocycles. The Hall–Kier alpha value is -3.28. The van der Waals surface area contributed by atoms with Crippen LogP contribution in [-0.4, -0.2) is 6.17 Å². The Balaban J connectivity index is 1.77. The molecule has 5 rings (SSSR count). The third kappa shape index (κ3) is 2.78. The topological polar surface area (TPSA) is 7.76 Å². The Morgan fingerprint density at radius 3 is 2.28 bits per heavy atom. The van der Waals surface area contributed by atoms with Crippen molar-refractivity contribution in [3.8, 4) is 11.3 Å². The van der Waals surface area contributed by atoms with Gasteiger partial charge >= 0.3 is 6.17 Å². The minimum atomic E-state index is -1.36. The lowest BCUT2D eigenvalue weighted by Gasteiger charge is -2.13. The fraction of sp³-hybridized carbons (Fsp3) is 0.130. The molecular weight excluding hydrogens is 380 g/mol. The lowest BCUT2D eigenvalue weighted by Crippen LogP contribution is -2.57. The van der Waals surface area contributed by atoms with Gasteiger partial charge in [-0.3, -0.25) is 0 Å². The number of rotatable bonds is 2. The molecule has 2 atom stereocenters. The fourth-order valence-electron chi connectivity index (χ4n) is 4.14. The molecule has 0 N–H and O–H groups in total. The summed E-state index contributed by atoms with van der Waals surface area (Å²) in [6.07, 6.45) is 3.96. The van der Waals surface area contributed by atoms with Crippen molar-refractivity contribution in [2.45, 2.75) is 18.8 Å². The van der Waals surface area contributed by atoms with E-state index >= 15 is 0 Å². The smallest absolute Gasteiger partial charge is 0.242 e. The van der Waals surface area contributed by atoms with Crippen LogP contribution in [0.4, 0.5) is 17.6 Å². The summed E-state index contributed by atoms with van der Waals surface area (Å²) in [6, 6.07) is 12.7. The van der Waals surface area contributed by atoms with Crippen LogP contribution in [0.1, 0.15) is 23.8 Å². The third-order valence-corrected chi connectivity index (χ3v) is 5.34. The van der Waals surface area contributed by atoms with Crippen LogP contribution in [0.25, 0.3) is 16.8 Å². The van der Waals surface area contributed by atoms with Crippen molar-refractivity contribution in [3.05, 3.63) is 102 Å². The molecule has 0 amide bonds. The Labute approximate surface area is 164 Å². The van der Waals surface area contributed by atoms with E-state index in [1.807, 2.05) is 4.57 Å². The van der Waals surface area contributed by atoms with E-state index in [2.05, 4.69) is 0 Å². The van der Waals surface area contributed by atoms with Crippen molar-refractivity contribution < 1.29 is 26.7 Å². The van der Waals surface area contributed by atoms with Crippen LogP contribution >= 0.6 is 0 Å². The molecule has 2 aromatic heterocycles. The normalized spacial score (nSPS) is 20.0. The maximum Gasteiger partial charge on any atom is 0.381 e. The van der Waals surface area contributed by atoms with Gasteiger partial charge in [-0.25, -0.2) is 17.6 Å². The van der Waals surface area contributed by atoms with Crippen LogP contribution in [0.15, 0.2) is 78.9 Å². The summed E-state index contributed by atoms with van der Waals surface area (Å²) >= 11 is 0. The first-order valence-electron chi connectivity index (χ1n) is 9.25. The Morgan fingerprint density at radius 1 is 0.862 bits per heavy atom. The summed E-state index contributed by atoms with van der Waals surface area (Å²) in [5, 5.41) is 0. The Morgan fingerprint density at radius 2 is 1.55 bits per heavy atom. The maximum absolute atomic E-state index is 14.7. The number of alkyl halides is 1. The van der Waals surface area contributed by atoms with Gasteiger partial charge in [0, 0.05) is 36.8 Å². The molecule has 2 unspecified atom stereocenters. The highest BCUT2D eigenvalue weighted by atomic mass is 19.1. The van der Waals surface area contributed by atoms with Gasteiger partial charge in [0.2, 0.25) is 11.4 Å². The number of pyridine rings is 2. The molecule has 144 valence electrons. The van der Waals surface area contributed by atoms with Crippen molar-refractivity contribution >= 4 is 5.57 Å². The second-order valence-corrected chi connectivity index (χ2v) is 7.11. The van der Waals surface area contributed by atoms with E-state index in [-0.39, 0.29) is 12.0 Å². The predicted molar refractivity (Wildman–Crippen MR) is 98.8 cm³/mol. The van der Waals surface area contributed by atoms with Crippen molar-refractivity contribution in [1.82, 2.24) is 0 Å². The average molecular weight is 396 g/mol. The Bertz CT molecular complexity index is 1200. The SMILES string of the molecule is FC1=C(c2cccc[n+]2C2c3cc(F)cc(F)c3-c3cccc[n+]32)C=CC(F)C1. The third-order valence-electron chi connectivity index (χ3n) is 5.34. The first-order chi connectivity index (χ1) is 14.0. The molecule has 6 heteroatoms. The van der Waals surface area contributed by atoms with Crippen molar-refractivity contribution in [3.63, 3.8) is 0 Å². The fourth-order valence-corrected chi connectivity index (χ4v) is 4.14. The monoisotopic (exact) mass is 396 g/mol. The summed E-state index contributed by atoms with van der Waals surface area (Å²) in [5.74, 6) is -1.88. The number of benzene rings is 1. The number of allylic oxidation sites excluding steroid dienone is 4. The summed E-state index contributed by atoms with van der Waals surface area (Å²) in [6.45, 7) is 0. The largest absolute Gasteiger partial charge is 0.381 e. The van der Waals surface area contributed by atoms with Gasteiger partial charge in [0.1, 0.15) is 29.2 Å². The quantitative estimate of drug-likeness (QED) is 0.346. The van der Waals surface area contributed by atoms with Gasteiger partial charge < -0.3 is 0 Å². The van der Waals surface area contributed by atoms with Gasteiger partial charge in [-0.2, -0.15) is 0 Å². The lowest BCUT2D eigenvalue weighted by atomic mass is 10.00. The zero-order chi connectivity index (χ0) is 20.1. The van der Waals surface area contributed by atoms with Gasteiger partial charge in [-0.1, -0.05) is 0 Å². The molecule has 29 heavy (non-hydrogen) atoms. The van der Waals surface area contributed by atoms with Crippen LogP contribution < -0.4 is 9.13 Å². The molecule has 0 bridgehead atoms. The summed E-state index contributed by atoms with van der Waals surface area (Å²) in [4.78, 5) is 0. The summed E-state index contributed by atoms with van der Waals surface area (Å²) in [5.41, 5.74) is 2.12. The van der Waals surface area contributed by atoms with Crippen LogP contribution in [0.2, 0.25) is 0 Å². The van der Waals surface area contributed by atoms with Gasteiger partial charge in [-0.05, 0) is 30.4 Å². The molecule has 0 fully saturated rings. The highest BCUT2D eigenvalue weighted by Gasteiger charge is 2.46. The van der Waals surface area contributed by atoms with E-state index in [0.717, 1.165) is 6.07 Å². The number of aromatic nitrogens is 2. The number of hydrogen-bond donors (Lipinski definition) is 0. The van der Waals surface area contributed by atoms with Crippen LogP contribution in [0.3, 0.4) is 0 Å². The van der Waals surface area contributed by atoms with Gasteiger partial charge in [0.05, 0.1) is 11.1 Å². The van der Waals surface area contributed by atoms with Gasteiger partial charge in [0.15, 0.2) is 12.4 Å². The molecule has 2 aliphatic rings. The number of fused-ring (bicyclic) bond motifs is 3. The highest BCUT2D eigenvalue weighted by molar-refractivity contribution is 5.73. The van der Waals surface area contributed by atoms with E-state index in [9.17, 15) is 17.6 Å². The molecule has 2 nitrogen and oxygen atoms in total. The van der Waals surface area contributed by atoms with E-state index in [4.69, 9.17) is 0 Å². The molecular formula is C23H16F4N2+2. The van der Waals surface area contributed by atoms with Gasteiger partial charge in [0.25, 0.3) is 0 Å². The average Bonchev–Trinajstić information content (AvgIpc) is 3.02. The Kier molecular flexibility index (Phi) is 4.08. The van der Waals surface area contributed by atoms with E-state index < -0.39 is 29.8 Å². The molecule has 3 aromatic rings. The first kappa shape index (κ1) is 17.8. The number of nitrogens with zero attached hydrogens (tertiary/aromatic N) is 2. The van der Waals surface area contributed by atoms with Crippen LogP contribution in [0.5, 0.6) is 0 Å². The van der Waals surface area contributed by atoms with Crippen molar-refractivity contribution in [1.29, 1.82) is 0 Å². The predicted octanol–water partition coefficient (Wildman–Crippen LogP) is 4.59. The number of hydrogen-bond acceptors (Lipinski definition) is 0. The zero-order valence-corrected chi connectivity index (χ0v) is 15.2. The molecule has 1 aliphatic carbocycles. The molecule has 1 aliphatic heterocycles. The minimum Gasteiger partial charge on any atom is -0.242 e. The molecule has 0 radical (unpaired) electrons. The van der Waals surface area contributed by atoms with Crippen LogP contribution in [-0.2, 0) is 0 Å². The molecule has 1 aromatic carbocycles. The highest BCUT2D eigenvalue weighted by Crippen LogP contribution is 2.36.